The van der Waals surface area contributed by atoms with Crippen molar-refractivity contribution < 1.29 is 4.79 Å². The minimum absolute atomic E-state index is 0.00304. The lowest BCUT2D eigenvalue weighted by molar-refractivity contribution is 0.0699. The largest absolute Gasteiger partial charge is 0.337 e. The third-order valence-corrected chi connectivity index (χ3v) is 5.20. The van der Waals surface area contributed by atoms with E-state index in [2.05, 4.69) is 27.2 Å². The molecule has 3 aromatic heterocycles. The van der Waals surface area contributed by atoms with Crippen molar-refractivity contribution in [2.75, 3.05) is 13.1 Å². The predicted molar refractivity (Wildman–Crippen MR) is 98.3 cm³/mol. The quantitative estimate of drug-likeness (QED) is 0.786. The summed E-state index contributed by atoms with van der Waals surface area (Å²) < 4.78 is 1.78. The zero-order valence-electron chi connectivity index (χ0n) is 15.5. The summed E-state index contributed by atoms with van der Waals surface area (Å²) in [7, 11) is 0. The zero-order chi connectivity index (χ0) is 18.3. The van der Waals surface area contributed by atoms with Crippen LogP contribution >= 0.6 is 0 Å². The lowest BCUT2D eigenvalue weighted by Gasteiger charge is -2.32. The second kappa shape index (κ2) is 6.55. The lowest BCUT2D eigenvalue weighted by Crippen LogP contribution is -2.39. The molecule has 1 N–H and O–H groups in total. The molecule has 1 fully saturated rings. The summed E-state index contributed by atoms with van der Waals surface area (Å²) in [6.07, 6.45) is 4.92. The number of aromatic nitrogens is 5. The number of hydrogen-bond acceptors (Lipinski definition) is 4. The highest BCUT2D eigenvalue weighted by Gasteiger charge is 2.28. The monoisotopic (exact) mass is 352 g/mol. The fraction of sp³-hybridized carbons (Fsp3) is 0.474. The standard InChI is InChI=1S/C19H24N6O/c1-4-14-10-20-22-18(14)15-6-5-7-24(11-15)19(26)16-9-13(3)25-17(21-16)8-12(2)23-25/h8-10,15H,4-7,11H2,1-3H3,(H,20,22). The first-order valence-corrected chi connectivity index (χ1v) is 9.22. The van der Waals surface area contributed by atoms with E-state index in [1.165, 1.54) is 11.3 Å². The van der Waals surface area contributed by atoms with Gasteiger partial charge in [0, 0.05) is 36.5 Å². The number of hydrogen-bond donors (Lipinski definition) is 1. The number of nitrogens with one attached hydrogen (secondary N) is 1. The molecule has 136 valence electrons. The van der Waals surface area contributed by atoms with E-state index in [1.54, 1.807) is 4.52 Å². The maximum Gasteiger partial charge on any atom is 0.272 e. The van der Waals surface area contributed by atoms with E-state index in [9.17, 15) is 4.79 Å². The number of aryl methyl sites for hydroxylation is 3. The first-order chi connectivity index (χ1) is 12.6. The van der Waals surface area contributed by atoms with Crippen LogP contribution in [0.5, 0.6) is 0 Å². The summed E-state index contributed by atoms with van der Waals surface area (Å²) in [6, 6.07) is 3.74. The molecule has 0 bridgehead atoms. The summed E-state index contributed by atoms with van der Waals surface area (Å²) in [5, 5.41) is 11.7. The van der Waals surface area contributed by atoms with Crippen LogP contribution in [0.2, 0.25) is 0 Å². The van der Waals surface area contributed by atoms with Crippen LogP contribution in [0.3, 0.4) is 0 Å². The minimum Gasteiger partial charge on any atom is -0.337 e. The molecule has 4 heterocycles. The molecule has 1 aliphatic heterocycles. The van der Waals surface area contributed by atoms with Gasteiger partial charge in [-0.25, -0.2) is 9.50 Å². The Balaban J connectivity index is 1.60. The van der Waals surface area contributed by atoms with E-state index in [0.717, 1.165) is 42.8 Å². The fourth-order valence-electron chi connectivity index (χ4n) is 3.86. The number of H-pyrrole nitrogens is 1. The highest BCUT2D eigenvalue weighted by molar-refractivity contribution is 5.93. The van der Waals surface area contributed by atoms with Gasteiger partial charge in [-0.1, -0.05) is 6.92 Å². The maximum absolute atomic E-state index is 13.1. The maximum atomic E-state index is 13.1. The average Bonchev–Trinajstić information content (AvgIpc) is 3.27. The van der Waals surface area contributed by atoms with Crippen molar-refractivity contribution in [3.63, 3.8) is 0 Å². The summed E-state index contributed by atoms with van der Waals surface area (Å²) >= 11 is 0. The van der Waals surface area contributed by atoms with Gasteiger partial charge in [0.25, 0.3) is 5.91 Å². The number of nitrogens with zero attached hydrogens (tertiary/aromatic N) is 5. The highest BCUT2D eigenvalue weighted by atomic mass is 16.2. The van der Waals surface area contributed by atoms with Crippen molar-refractivity contribution in [1.82, 2.24) is 29.7 Å². The van der Waals surface area contributed by atoms with Gasteiger partial charge in [-0.05, 0) is 44.7 Å². The molecule has 1 saturated heterocycles. The number of carbonyl (C=O) groups is 1. The summed E-state index contributed by atoms with van der Waals surface area (Å²) in [5.41, 5.74) is 5.46. The lowest BCUT2D eigenvalue weighted by atomic mass is 9.92. The van der Waals surface area contributed by atoms with Crippen LogP contribution in [0.25, 0.3) is 5.65 Å². The van der Waals surface area contributed by atoms with Crippen LogP contribution in [-0.2, 0) is 6.42 Å². The van der Waals surface area contributed by atoms with Gasteiger partial charge in [0.05, 0.1) is 11.9 Å². The number of fused-ring (bicyclic) bond motifs is 1. The van der Waals surface area contributed by atoms with Gasteiger partial charge in [0.1, 0.15) is 5.69 Å². The van der Waals surface area contributed by atoms with Crippen LogP contribution in [-0.4, -0.2) is 48.7 Å². The molecule has 26 heavy (non-hydrogen) atoms. The van der Waals surface area contributed by atoms with Crippen LogP contribution in [0.15, 0.2) is 18.3 Å². The Morgan fingerprint density at radius 1 is 1.35 bits per heavy atom. The Hall–Kier alpha value is -2.70. The van der Waals surface area contributed by atoms with Gasteiger partial charge in [0.15, 0.2) is 5.65 Å². The number of carbonyl (C=O) groups excluding carboxylic acids is 1. The molecule has 0 saturated carbocycles. The Morgan fingerprint density at radius 2 is 2.19 bits per heavy atom. The third-order valence-electron chi connectivity index (χ3n) is 5.20. The van der Waals surface area contributed by atoms with E-state index < -0.39 is 0 Å². The van der Waals surface area contributed by atoms with Crippen molar-refractivity contribution in [1.29, 1.82) is 0 Å². The number of likely N-dealkylation sites (tertiary alicyclic amines) is 1. The molecule has 1 unspecified atom stereocenters. The van der Waals surface area contributed by atoms with Crippen LogP contribution < -0.4 is 0 Å². The Labute approximate surface area is 152 Å². The van der Waals surface area contributed by atoms with Gasteiger partial charge >= 0.3 is 0 Å². The van der Waals surface area contributed by atoms with Gasteiger partial charge in [0.2, 0.25) is 0 Å². The summed E-state index contributed by atoms with van der Waals surface area (Å²) in [5.74, 6) is 0.309. The summed E-state index contributed by atoms with van der Waals surface area (Å²) in [4.78, 5) is 19.5. The normalized spacial score (nSPS) is 17.8. The van der Waals surface area contributed by atoms with Crippen LogP contribution in [0, 0.1) is 13.8 Å². The number of amides is 1. The molecule has 7 nitrogen and oxygen atoms in total. The Bertz CT molecular complexity index is 956. The van der Waals surface area contributed by atoms with E-state index >= 15 is 0 Å². The molecule has 0 aliphatic carbocycles. The molecular formula is C19H24N6O. The first-order valence-electron chi connectivity index (χ1n) is 9.22. The van der Waals surface area contributed by atoms with Crippen molar-refractivity contribution >= 4 is 11.6 Å². The molecular weight excluding hydrogens is 328 g/mol. The minimum atomic E-state index is -0.00304. The topological polar surface area (TPSA) is 79.2 Å². The second-order valence-corrected chi connectivity index (χ2v) is 7.09. The van der Waals surface area contributed by atoms with E-state index in [0.29, 0.717) is 18.2 Å². The van der Waals surface area contributed by atoms with Gasteiger partial charge in [-0.2, -0.15) is 10.2 Å². The van der Waals surface area contributed by atoms with Crippen molar-refractivity contribution in [2.24, 2.45) is 0 Å². The van der Waals surface area contributed by atoms with Crippen LogP contribution in [0.4, 0.5) is 0 Å². The molecule has 0 radical (unpaired) electrons. The van der Waals surface area contributed by atoms with E-state index in [4.69, 9.17) is 0 Å². The van der Waals surface area contributed by atoms with E-state index in [1.807, 2.05) is 37.1 Å². The summed E-state index contributed by atoms with van der Waals surface area (Å²) in [6.45, 7) is 7.50. The van der Waals surface area contributed by atoms with Gasteiger partial charge in [-0.15, -0.1) is 0 Å². The molecule has 1 atom stereocenters. The van der Waals surface area contributed by atoms with Gasteiger partial charge in [-0.3, -0.25) is 9.89 Å². The number of aromatic amines is 1. The molecule has 0 spiro atoms. The third kappa shape index (κ3) is 2.87. The molecule has 4 rings (SSSR count). The molecule has 7 heteroatoms. The molecule has 0 aromatic carbocycles. The molecule has 1 amide bonds. The predicted octanol–water partition coefficient (Wildman–Crippen LogP) is 2.65. The molecule has 1 aliphatic rings. The molecule has 3 aromatic rings. The smallest absolute Gasteiger partial charge is 0.272 e. The van der Waals surface area contributed by atoms with E-state index in [-0.39, 0.29) is 5.91 Å². The first kappa shape index (κ1) is 16.8. The fourth-order valence-corrected chi connectivity index (χ4v) is 3.86. The van der Waals surface area contributed by atoms with Gasteiger partial charge < -0.3 is 4.90 Å². The Morgan fingerprint density at radius 3 is 3.00 bits per heavy atom. The number of piperidine rings is 1. The average molecular weight is 352 g/mol. The van der Waals surface area contributed by atoms with Crippen molar-refractivity contribution in [2.45, 2.75) is 46.0 Å². The van der Waals surface area contributed by atoms with Crippen molar-refractivity contribution in [3.8, 4) is 0 Å². The van der Waals surface area contributed by atoms with Crippen LogP contribution in [0.1, 0.15) is 58.8 Å². The SMILES string of the molecule is CCc1cn[nH]c1C1CCCN(C(=O)c2cc(C)n3nc(C)cc3n2)C1. The number of rotatable bonds is 3. The highest BCUT2D eigenvalue weighted by Crippen LogP contribution is 2.28. The second-order valence-electron chi connectivity index (χ2n) is 7.09. The van der Waals surface area contributed by atoms with Crippen molar-refractivity contribution in [3.05, 3.63) is 46.7 Å². The Kier molecular flexibility index (Phi) is 4.22. The zero-order valence-corrected chi connectivity index (χ0v) is 15.5.